The SMILES string of the molecule is OC1(CN2CCCCC2)CCN(Cc2cccc(CN3CCOCC3)c2)C1. The number of likely N-dealkylation sites (tertiary alicyclic amines) is 2. The summed E-state index contributed by atoms with van der Waals surface area (Å²) in [6, 6.07) is 8.99. The molecule has 1 aromatic carbocycles. The molecule has 3 saturated heterocycles. The minimum atomic E-state index is -0.525. The lowest BCUT2D eigenvalue weighted by atomic mass is 10.0. The first-order valence-corrected chi connectivity index (χ1v) is 10.7. The smallest absolute Gasteiger partial charge is 0.0912 e. The summed E-state index contributed by atoms with van der Waals surface area (Å²) < 4.78 is 5.45. The molecule has 3 heterocycles. The lowest BCUT2D eigenvalue weighted by Crippen LogP contribution is -2.46. The third-order valence-corrected chi connectivity index (χ3v) is 6.29. The molecule has 0 aliphatic carbocycles. The van der Waals surface area contributed by atoms with Crippen LogP contribution in [0, 0.1) is 0 Å². The van der Waals surface area contributed by atoms with Crippen LogP contribution in [-0.4, -0.2) is 84.4 Å². The van der Waals surface area contributed by atoms with E-state index in [0.717, 1.165) is 78.5 Å². The van der Waals surface area contributed by atoms with Crippen LogP contribution in [0.1, 0.15) is 36.8 Å². The molecule has 1 unspecified atom stereocenters. The zero-order valence-corrected chi connectivity index (χ0v) is 16.6. The van der Waals surface area contributed by atoms with Crippen LogP contribution in [0.5, 0.6) is 0 Å². The van der Waals surface area contributed by atoms with Gasteiger partial charge >= 0.3 is 0 Å². The molecule has 1 N–H and O–H groups in total. The molecule has 1 atom stereocenters. The number of hydrogen-bond donors (Lipinski definition) is 1. The minimum Gasteiger partial charge on any atom is -0.387 e. The van der Waals surface area contributed by atoms with Crippen LogP contribution in [0.25, 0.3) is 0 Å². The molecule has 0 amide bonds. The molecule has 0 bridgehead atoms. The first-order chi connectivity index (χ1) is 13.2. The second kappa shape index (κ2) is 9.01. The van der Waals surface area contributed by atoms with E-state index < -0.39 is 5.60 Å². The van der Waals surface area contributed by atoms with Gasteiger partial charge in [-0.25, -0.2) is 0 Å². The normalized spacial score (nSPS) is 28.6. The second-order valence-corrected chi connectivity index (χ2v) is 8.73. The maximum atomic E-state index is 11.1. The summed E-state index contributed by atoms with van der Waals surface area (Å²) in [5.74, 6) is 0. The zero-order chi connectivity index (χ0) is 18.5. The standard InChI is InChI=1S/C22H35N3O2/c26-22(18-24-8-2-1-3-9-24)7-10-25(19-22)17-21-6-4-5-20(15-21)16-23-11-13-27-14-12-23/h4-6,15,26H,1-3,7-14,16-19H2. The van der Waals surface area contributed by atoms with Crippen molar-refractivity contribution >= 4 is 0 Å². The Morgan fingerprint density at radius 1 is 0.852 bits per heavy atom. The van der Waals surface area contributed by atoms with Crippen LogP contribution in [-0.2, 0) is 17.8 Å². The van der Waals surface area contributed by atoms with Gasteiger partial charge < -0.3 is 14.7 Å². The second-order valence-electron chi connectivity index (χ2n) is 8.73. The van der Waals surface area contributed by atoms with Crippen molar-refractivity contribution in [3.8, 4) is 0 Å². The Kier molecular flexibility index (Phi) is 6.46. The van der Waals surface area contributed by atoms with Crippen molar-refractivity contribution in [1.29, 1.82) is 0 Å². The Balaban J connectivity index is 1.29. The summed E-state index contributed by atoms with van der Waals surface area (Å²) in [5, 5.41) is 11.1. The number of morpholine rings is 1. The fraction of sp³-hybridized carbons (Fsp3) is 0.727. The van der Waals surface area contributed by atoms with E-state index in [-0.39, 0.29) is 0 Å². The monoisotopic (exact) mass is 373 g/mol. The summed E-state index contributed by atoms with van der Waals surface area (Å²) in [4.78, 5) is 7.36. The van der Waals surface area contributed by atoms with E-state index in [1.54, 1.807) is 0 Å². The zero-order valence-electron chi connectivity index (χ0n) is 16.6. The number of nitrogens with zero attached hydrogens (tertiary/aromatic N) is 3. The average molecular weight is 374 g/mol. The van der Waals surface area contributed by atoms with Gasteiger partial charge in [0.25, 0.3) is 0 Å². The van der Waals surface area contributed by atoms with Crippen molar-refractivity contribution in [3.63, 3.8) is 0 Å². The highest BCUT2D eigenvalue weighted by atomic mass is 16.5. The van der Waals surface area contributed by atoms with Crippen molar-refractivity contribution in [2.75, 3.05) is 59.0 Å². The fourth-order valence-corrected chi connectivity index (χ4v) is 4.84. The first kappa shape index (κ1) is 19.3. The molecule has 4 rings (SSSR count). The Hall–Kier alpha value is -0.980. The van der Waals surface area contributed by atoms with E-state index in [9.17, 15) is 5.11 Å². The number of β-amino-alcohol motifs (C(OH)–C–C–N with tert-alkyl or cyclic N) is 1. The number of ether oxygens (including phenoxy) is 1. The average Bonchev–Trinajstić information content (AvgIpc) is 3.04. The Labute approximate surface area is 163 Å². The van der Waals surface area contributed by atoms with Crippen molar-refractivity contribution in [3.05, 3.63) is 35.4 Å². The van der Waals surface area contributed by atoms with Gasteiger partial charge in [-0.15, -0.1) is 0 Å². The highest BCUT2D eigenvalue weighted by Gasteiger charge is 2.37. The van der Waals surface area contributed by atoms with Crippen LogP contribution in [0.4, 0.5) is 0 Å². The number of aliphatic hydroxyl groups is 1. The third kappa shape index (κ3) is 5.52. The first-order valence-electron chi connectivity index (χ1n) is 10.7. The number of hydrogen-bond acceptors (Lipinski definition) is 5. The van der Waals surface area contributed by atoms with Gasteiger partial charge in [-0.1, -0.05) is 30.7 Å². The van der Waals surface area contributed by atoms with E-state index in [1.165, 1.54) is 30.4 Å². The van der Waals surface area contributed by atoms with Crippen molar-refractivity contribution in [2.24, 2.45) is 0 Å². The predicted molar refractivity (Wildman–Crippen MR) is 108 cm³/mol. The summed E-state index contributed by atoms with van der Waals surface area (Å²) in [7, 11) is 0. The summed E-state index contributed by atoms with van der Waals surface area (Å²) in [5.41, 5.74) is 2.23. The van der Waals surface area contributed by atoms with Crippen LogP contribution < -0.4 is 0 Å². The van der Waals surface area contributed by atoms with Crippen molar-refractivity contribution < 1.29 is 9.84 Å². The molecule has 0 saturated carbocycles. The molecule has 0 aromatic heterocycles. The van der Waals surface area contributed by atoms with E-state index in [0.29, 0.717) is 0 Å². The lowest BCUT2D eigenvalue weighted by Gasteiger charge is -2.33. The molecule has 27 heavy (non-hydrogen) atoms. The summed E-state index contributed by atoms with van der Waals surface area (Å²) >= 11 is 0. The molecule has 5 nitrogen and oxygen atoms in total. The predicted octanol–water partition coefficient (Wildman–Crippen LogP) is 1.94. The van der Waals surface area contributed by atoms with Crippen molar-refractivity contribution in [1.82, 2.24) is 14.7 Å². The summed E-state index contributed by atoms with van der Waals surface area (Å²) in [6.07, 6.45) is 4.82. The molecule has 3 aliphatic rings. The Morgan fingerprint density at radius 3 is 2.30 bits per heavy atom. The Bertz CT molecular complexity index is 599. The minimum absolute atomic E-state index is 0.525. The van der Waals surface area contributed by atoms with Crippen LogP contribution in [0.15, 0.2) is 24.3 Å². The maximum Gasteiger partial charge on any atom is 0.0912 e. The number of benzene rings is 1. The molecule has 3 fully saturated rings. The fourth-order valence-electron chi connectivity index (χ4n) is 4.84. The van der Waals surface area contributed by atoms with Crippen LogP contribution >= 0.6 is 0 Å². The van der Waals surface area contributed by atoms with Gasteiger partial charge in [0.15, 0.2) is 0 Å². The maximum absolute atomic E-state index is 11.1. The lowest BCUT2D eigenvalue weighted by molar-refractivity contribution is 0.00635. The molecular formula is C22H35N3O2. The van der Waals surface area contributed by atoms with Crippen LogP contribution in [0.2, 0.25) is 0 Å². The molecular weight excluding hydrogens is 338 g/mol. The highest BCUT2D eigenvalue weighted by Crippen LogP contribution is 2.25. The topological polar surface area (TPSA) is 39.2 Å². The van der Waals surface area contributed by atoms with E-state index in [1.807, 2.05) is 0 Å². The van der Waals surface area contributed by atoms with Gasteiger partial charge in [0, 0.05) is 45.8 Å². The largest absolute Gasteiger partial charge is 0.387 e. The number of rotatable bonds is 6. The quantitative estimate of drug-likeness (QED) is 0.825. The highest BCUT2D eigenvalue weighted by molar-refractivity contribution is 5.23. The molecule has 0 spiro atoms. The van der Waals surface area contributed by atoms with Gasteiger partial charge in [0.1, 0.15) is 0 Å². The third-order valence-electron chi connectivity index (χ3n) is 6.29. The number of piperidine rings is 1. The van der Waals surface area contributed by atoms with E-state index >= 15 is 0 Å². The molecule has 3 aliphatic heterocycles. The van der Waals surface area contributed by atoms with Gasteiger partial charge in [-0.05, 0) is 43.5 Å². The van der Waals surface area contributed by atoms with Crippen molar-refractivity contribution in [2.45, 2.75) is 44.4 Å². The van der Waals surface area contributed by atoms with Gasteiger partial charge in [-0.3, -0.25) is 9.80 Å². The molecule has 150 valence electrons. The summed E-state index contributed by atoms with van der Waals surface area (Å²) in [6.45, 7) is 10.7. The van der Waals surface area contributed by atoms with Crippen LogP contribution in [0.3, 0.4) is 0 Å². The van der Waals surface area contributed by atoms with E-state index in [2.05, 4.69) is 39.0 Å². The molecule has 5 heteroatoms. The van der Waals surface area contributed by atoms with Gasteiger partial charge in [-0.2, -0.15) is 0 Å². The van der Waals surface area contributed by atoms with E-state index in [4.69, 9.17) is 4.74 Å². The van der Waals surface area contributed by atoms with Gasteiger partial charge in [0.05, 0.1) is 18.8 Å². The molecule has 1 aromatic rings. The Morgan fingerprint density at radius 2 is 1.56 bits per heavy atom. The molecule has 0 radical (unpaired) electrons. The van der Waals surface area contributed by atoms with Gasteiger partial charge in [0.2, 0.25) is 0 Å².